The number of hydrogen-bond donors (Lipinski definition) is 2. The molecule has 0 spiro atoms. The van der Waals surface area contributed by atoms with Crippen LogP contribution in [0, 0.1) is 5.92 Å². The third kappa shape index (κ3) is 2.30. The fourth-order valence-electron chi connectivity index (χ4n) is 3.34. The second-order valence-corrected chi connectivity index (χ2v) is 6.59. The van der Waals surface area contributed by atoms with Gasteiger partial charge < -0.3 is 15.0 Å². The molecular formula is C14H19N5OS. The first-order chi connectivity index (χ1) is 10.3. The number of fused-ring (bicyclic) bond motifs is 1. The molecular weight excluding hydrogens is 286 g/mol. The monoisotopic (exact) mass is 305 g/mol. The van der Waals surface area contributed by atoms with Crippen molar-refractivity contribution in [2.45, 2.75) is 18.9 Å². The summed E-state index contributed by atoms with van der Waals surface area (Å²) in [6.07, 6.45) is 2.59. The van der Waals surface area contributed by atoms with E-state index in [0.717, 1.165) is 48.0 Å². The Morgan fingerprint density at radius 1 is 1.43 bits per heavy atom. The largest absolute Gasteiger partial charge is 0.495 e. The van der Waals surface area contributed by atoms with E-state index < -0.39 is 0 Å². The van der Waals surface area contributed by atoms with Crippen LogP contribution in [0.4, 0.5) is 5.95 Å². The molecule has 0 amide bonds. The van der Waals surface area contributed by atoms with Gasteiger partial charge in [-0.3, -0.25) is 5.10 Å². The van der Waals surface area contributed by atoms with Crippen molar-refractivity contribution in [3.05, 3.63) is 11.4 Å². The van der Waals surface area contributed by atoms with E-state index in [4.69, 9.17) is 4.74 Å². The first kappa shape index (κ1) is 13.1. The molecule has 0 radical (unpaired) electrons. The van der Waals surface area contributed by atoms with Crippen molar-refractivity contribution in [3.8, 4) is 16.5 Å². The van der Waals surface area contributed by atoms with Gasteiger partial charge in [0, 0.05) is 19.1 Å². The summed E-state index contributed by atoms with van der Waals surface area (Å²) >= 11 is 1.61. The van der Waals surface area contributed by atoms with Crippen molar-refractivity contribution in [1.29, 1.82) is 0 Å². The first-order valence-corrected chi connectivity index (χ1v) is 8.25. The number of ether oxygens (including phenoxy) is 1. The number of thiophene rings is 1. The fraction of sp³-hybridized carbons (Fsp3) is 0.571. The normalized spacial score (nSPS) is 25.1. The molecule has 0 aliphatic carbocycles. The number of rotatable bonds is 3. The molecule has 2 fully saturated rings. The number of H-pyrrole nitrogens is 1. The number of nitrogens with zero attached hydrogens (tertiary/aromatic N) is 3. The number of nitrogens with one attached hydrogen (secondary N) is 2. The Hall–Kier alpha value is -1.60. The van der Waals surface area contributed by atoms with E-state index in [-0.39, 0.29) is 0 Å². The average molecular weight is 305 g/mol. The predicted molar refractivity (Wildman–Crippen MR) is 83.0 cm³/mol. The van der Waals surface area contributed by atoms with Crippen LogP contribution in [0.1, 0.15) is 12.8 Å². The van der Waals surface area contributed by atoms with E-state index in [2.05, 4.69) is 25.4 Å². The number of aromatic nitrogens is 3. The van der Waals surface area contributed by atoms with Gasteiger partial charge in [0.2, 0.25) is 5.95 Å². The molecule has 4 rings (SSSR count). The third-order valence-electron chi connectivity index (χ3n) is 4.42. The van der Waals surface area contributed by atoms with Crippen molar-refractivity contribution in [2.24, 2.45) is 5.92 Å². The lowest BCUT2D eigenvalue weighted by Crippen LogP contribution is -2.40. The van der Waals surface area contributed by atoms with Crippen LogP contribution in [0.25, 0.3) is 10.7 Å². The highest BCUT2D eigenvalue weighted by Gasteiger charge is 2.35. The van der Waals surface area contributed by atoms with Gasteiger partial charge in [0.05, 0.1) is 7.11 Å². The Balaban J connectivity index is 1.55. The van der Waals surface area contributed by atoms with Crippen LogP contribution < -0.4 is 15.0 Å². The van der Waals surface area contributed by atoms with Crippen molar-refractivity contribution in [1.82, 2.24) is 20.5 Å². The molecule has 0 bridgehead atoms. The summed E-state index contributed by atoms with van der Waals surface area (Å²) in [7, 11) is 1.68. The molecule has 21 heavy (non-hydrogen) atoms. The van der Waals surface area contributed by atoms with Gasteiger partial charge >= 0.3 is 0 Å². The lowest BCUT2D eigenvalue weighted by Gasteiger charge is -2.24. The van der Waals surface area contributed by atoms with Crippen molar-refractivity contribution in [3.63, 3.8) is 0 Å². The number of hydrogen-bond acceptors (Lipinski definition) is 6. The highest BCUT2D eigenvalue weighted by atomic mass is 32.1. The molecule has 2 aliphatic heterocycles. The summed E-state index contributed by atoms with van der Waals surface area (Å²) in [6.45, 7) is 3.20. The van der Waals surface area contributed by atoms with Crippen molar-refractivity contribution >= 4 is 17.3 Å². The lowest BCUT2D eigenvalue weighted by molar-refractivity contribution is 0.340. The van der Waals surface area contributed by atoms with Gasteiger partial charge in [-0.05, 0) is 36.8 Å². The Bertz CT molecular complexity index is 610. The number of methoxy groups -OCH3 is 1. The van der Waals surface area contributed by atoms with Crippen molar-refractivity contribution < 1.29 is 4.74 Å². The van der Waals surface area contributed by atoms with Crippen LogP contribution in [0.3, 0.4) is 0 Å². The van der Waals surface area contributed by atoms with Gasteiger partial charge in [-0.15, -0.1) is 16.4 Å². The molecule has 2 aliphatic rings. The minimum absolute atomic E-state index is 0.594. The highest BCUT2D eigenvalue weighted by molar-refractivity contribution is 7.13. The van der Waals surface area contributed by atoms with E-state index in [1.165, 1.54) is 12.8 Å². The molecule has 7 heteroatoms. The lowest BCUT2D eigenvalue weighted by atomic mass is 9.94. The average Bonchev–Trinajstić information content (AvgIpc) is 3.23. The summed E-state index contributed by atoms with van der Waals surface area (Å²) in [4.78, 5) is 7.95. The molecule has 6 nitrogen and oxygen atoms in total. The number of anilines is 1. The molecule has 2 aromatic rings. The molecule has 2 saturated heterocycles. The highest BCUT2D eigenvalue weighted by Crippen LogP contribution is 2.34. The van der Waals surface area contributed by atoms with Crippen LogP contribution >= 0.6 is 11.3 Å². The maximum absolute atomic E-state index is 5.35. The molecule has 112 valence electrons. The zero-order valence-corrected chi connectivity index (χ0v) is 12.8. The number of piperidine rings is 1. The third-order valence-corrected chi connectivity index (χ3v) is 5.32. The Kier molecular flexibility index (Phi) is 3.31. The van der Waals surface area contributed by atoms with Crippen LogP contribution in [0.15, 0.2) is 11.4 Å². The quantitative estimate of drug-likeness (QED) is 0.904. The molecule has 2 N–H and O–H groups in total. The second-order valence-electron chi connectivity index (χ2n) is 5.67. The van der Waals surface area contributed by atoms with E-state index >= 15 is 0 Å². The number of aromatic amines is 1. The smallest absolute Gasteiger partial charge is 0.245 e. The van der Waals surface area contributed by atoms with Gasteiger partial charge in [0.15, 0.2) is 5.82 Å². The van der Waals surface area contributed by atoms with Crippen LogP contribution in [0.2, 0.25) is 0 Å². The zero-order chi connectivity index (χ0) is 14.2. The first-order valence-electron chi connectivity index (χ1n) is 7.38. The molecule has 2 atom stereocenters. The second kappa shape index (κ2) is 5.31. The molecule has 0 saturated carbocycles. The summed E-state index contributed by atoms with van der Waals surface area (Å²) < 4.78 is 5.35. The molecule has 4 heterocycles. The minimum Gasteiger partial charge on any atom is -0.495 e. The van der Waals surface area contributed by atoms with Crippen LogP contribution in [-0.4, -0.2) is 48.0 Å². The van der Waals surface area contributed by atoms with Crippen molar-refractivity contribution in [2.75, 3.05) is 31.6 Å². The van der Waals surface area contributed by atoms with Gasteiger partial charge in [-0.25, -0.2) is 0 Å². The van der Waals surface area contributed by atoms with E-state index in [9.17, 15) is 0 Å². The standard InChI is InChI=1S/C14H19N5OS/c1-20-11-4-6-21-12(11)13-16-14(18-17-13)19-7-9-3-2-5-15-10(9)8-19/h4,6,9-10,15H,2-3,5,7-8H2,1H3,(H,16,17,18). The van der Waals surface area contributed by atoms with Gasteiger partial charge in [-0.2, -0.15) is 4.98 Å². The Labute approximate surface area is 127 Å². The Morgan fingerprint density at radius 2 is 2.38 bits per heavy atom. The van der Waals surface area contributed by atoms with Crippen LogP contribution in [0.5, 0.6) is 5.75 Å². The molecule has 2 unspecified atom stereocenters. The predicted octanol–water partition coefficient (Wildman–Crippen LogP) is 1.73. The van der Waals surface area contributed by atoms with Gasteiger partial charge in [-0.1, -0.05) is 0 Å². The van der Waals surface area contributed by atoms with E-state index in [0.29, 0.717) is 6.04 Å². The minimum atomic E-state index is 0.594. The summed E-state index contributed by atoms with van der Waals surface area (Å²) in [5.41, 5.74) is 0. The van der Waals surface area contributed by atoms with Gasteiger partial charge in [0.1, 0.15) is 10.6 Å². The van der Waals surface area contributed by atoms with Gasteiger partial charge in [0.25, 0.3) is 0 Å². The SMILES string of the molecule is COc1ccsc1-c1nc(N2CC3CCCNC3C2)n[nH]1. The summed E-state index contributed by atoms with van der Waals surface area (Å²) in [5, 5.41) is 13.1. The maximum atomic E-state index is 5.35. The summed E-state index contributed by atoms with van der Waals surface area (Å²) in [6, 6.07) is 2.55. The van der Waals surface area contributed by atoms with E-state index in [1.54, 1.807) is 18.4 Å². The molecule has 0 aromatic carbocycles. The molecule has 2 aromatic heterocycles. The topological polar surface area (TPSA) is 66.1 Å². The maximum Gasteiger partial charge on any atom is 0.245 e. The van der Waals surface area contributed by atoms with E-state index in [1.807, 2.05) is 11.4 Å². The summed E-state index contributed by atoms with van der Waals surface area (Å²) in [5.74, 6) is 3.17. The van der Waals surface area contributed by atoms with Crippen LogP contribution in [-0.2, 0) is 0 Å². The Morgan fingerprint density at radius 3 is 3.24 bits per heavy atom. The zero-order valence-electron chi connectivity index (χ0n) is 12.0. The fourth-order valence-corrected chi connectivity index (χ4v) is 4.14.